The van der Waals surface area contributed by atoms with Crippen molar-refractivity contribution in [2.45, 2.75) is 6.61 Å². The Kier molecular flexibility index (Phi) is 2.89. The molecule has 2 N–H and O–H groups in total. The highest BCUT2D eigenvalue weighted by molar-refractivity contribution is 5.27. The highest BCUT2D eigenvalue weighted by Gasteiger charge is 1.93. The molecule has 0 unspecified atom stereocenters. The minimum atomic E-state index is 0.581. The summed E-state index contributed by atoms with van der Waals surface area (Å²) in [6.07, 6.45) is 0. The third-order valence-corrected chi connectivity index (χ3v) is 1.35. The fourth-order valence-electron chi connectivity index (χ4n) is 0.875. The number of hydrogen-bond donors (Lipinski definition) is 1. The molecule has 0 aromatic heterocycles. The van der Waals surface area contributed by atoms with Crippen molar-refractivity contribution in [3.8, 4) is 5.75 Å². The summed E-state index contributed by atoms with van der Waals surface area (Å²) in [5.41, 5.74) is 1.05. The first kappa shape index (κ1) is 8.04. The van der Waals surface area contributed by atoms with Crippen LogP contribution in [0.25, 0.3) is 0 Å². The van der Waals surface area contributed by atoms with Crippen LogP contribution in [0.15, 0.2) is 24.3 Å². The molecule has 1 aromatic rings. The van der Waals surface area contributed by atoms with Crippen molar-refractivity contribution in [2.75, 3.05) is 7.11 Å². The van der Waals surface area contributed by atoms with Gasteiger partial charge in [-0.1, -0.05) is 12.1 Å². The maximum Gasteiger partial charge on any atom is 0.147 e. The molecule has 0 atom stereocenters. The summed E-state index contributed by atoms with van der Waals surface area (Å²) >= 11 is 0. The molecule has 60 valence electrons. The van der Waals surface area contributed by atoms with Crippen molar-refractivity contribution >= 4 is 0 Å². The standard InChI is InChI=1S/C8H11NO2/c1-10-6-7-3-2-4-8(5-7)11-9/h2-5H,6,9H2,1H3. The molecule has 1 rings (SSSR count). The summed E-state index contributed by atoms with van der Waals surface area (Å²) in [7, 11) is 1.65. The summed E-state index contributed by atoms with van der Waals surface area (Å²) in [5.74, 6) is 5.63. The van der Waals surface area contributed by atoms with Crippen LogP contribution in [0.4, 0.5) is 0 Å². The van der Waals surface area contributed by atoms with E-state index in [2.05, 4.69) is 4.84 Å². The van der Waals surface area contributed by atoms with Crippen molar-refractivity contribution in [3.05, 3.63) is 29.8 Å². The van der Waals surface area contributed by atoms with Gasteiger partial charge in [-0.2, -0.15) is 5.90 Å². The van der Waals surface area contributed by atoms with Crippen LogP contribution in [0.1, 0.15) is 5.56 Å². The fourth-order valence-corrected chi connectivity index (χ4v) is 0.875. The molecule has 1 aromatic carbocycles. The predicted octanol–water partition coefficient (Wildman–Crippen LogP) is 1.09. The first-order chi connectivity index (χ1) is 5.36. The normalized spacial score (nSPS) is 9.64. The van der Waals surface area contributed by atoms with Gasteiger partial charge in [0, 0.05) is 7.11 Å². The van der Waals surface area contributed by atoms with Gasteiger partial charge < -0.3 is 9.57 Å². The van der Waals surface area contributed by atoms with Crippen LogP contribution in [0.3, 0.4) is 0 Å². The molecule has 11 heavy (non-hydrogen) atoms. The summed E-state index contributed by atoms with van der Waals surface area (Å²) in [5, 5.41) is 0. The Labute approximate surface area is 65.7 Å². The maximum absolute atomic E-state index is 4.97. The minimum absolute atomic E-state index is 0.581. The van der Waals surface area contributed by atoms with Gasteiger partial charge in [0.25, 0.3) is 0 Å². The number of rotatable bonds is 3. The molecule has 0 aliphatic carbocycles. The van der Waals surface area contributed by atoms with E-state index in [1.165, 1.54) is 0 Å². The average Bonchev–Trinajstić information content (AvgIpc) is 2.06. The Hall–Kier alpha value is -1.06. The smallest absolute Gasteiger partial charge is 0.147 e. The molecule has 0 aliphatic heterocycles. The van der Waals surface area contributed by atoms with E-state index >= 15 is 0 Å². The van der Waals surface area contributed by atoms with E-state index in [9.17, 15) is 0 Å². The Bertz CT molecular complexity index is 225. The lowest BCUT2D eigenvalue weighted by Gasteiger charge is -2.01. The van der Waals surface area contributed by atoms with E-state index in [1.54, 1.807) is 13.2 Å². The SMILES string of the molecule is COCc1cccc(ON)c1. The predicted molar refractivity (Wildman–Crippen MR) is 42.0 cm³/mol. The molecule has 0 amide bonds. The molecular weight excluding hydrogens is 142 g/mol. The molecule has 3 nitrogen and oxygen atoms in total. The summed E-state index contributed by atoms with van der Waals surface area (Å²) in [6.45, 7) is 0.581. The Morgan fingerprint density at radius 1 is 1.45 bits per heavy atom. The highest BCUT2D eigenvalue weighted by Crippen LogP contribution is 2.11. The van der Waals surface area contributed by atoms with Crippen LogP contribution < -0.4 is 10.7 Å². The first-order valence-electron chi connectivity index (χ1n) is 3.31. The average molecular weight is 153 g/mol. The zero-order chi connectivity index (χ0) is 8.10. The number of nitrogens with two attached hydrogens (primary N) is 1. The van der Waals surface area contributed by atoms with Crippen LogP contribution in [-0.4, -0.2) is 7.11 Å². The first-order valence-corrected chi connectivity index (χ1v) is 3.31. The largest absolute Gasteiger partial charge is 0.412 e. The summed E-state index contributed by atoms with van der Waals surface area (Å²) in [6, 6.07) is 7.45. The van der Waals surface area contributed by atoms with E-state index in [4.69, 9.17) is 10.6 Å². The van der Waals surface area contributed by atoms with Gasteiger partial charge in [0.15, 0.2) is 0 Å². The lowest BCUT2D eigenvalue weighted by Crippen LogP contribution is -2.02. The number of methoxy groups -OCH3 is 1. The second-order valence-corrected chi connectivity index (χ2v) is 2.20. The van der Waals surface area contributed by atoms with Crippen molar-refractivity contribution < 1.29 is 9.57 Å². The quantitative estimate of drug-likeness (QED) is 0.661. The summed E-state index contributed by atoms with van der Waals surface area (Å²) < 4.78 is 4.93. The molecule has 0 fully saturated rings. The number of hydrogen-bond acceptors (Lipinski definition) is 3. The highest BCUT2D eigenvalue weighted by atomic mass is 16.6. The summed E-state index contributed by atoms with van der Waals surface area (Å²) in [4.78, 5) is 4.55. The monoisotopic (exact) mass is 153 g/mol. The Balaban J connectivity index is 2.74. The van der Waals surface area contributed by atoms with Crippen molar-refractivity contribution in [1.29, 1.82) is 0 Å². The van der Waals surface area contributed by atoms with E-state index in [0.717, 1.165) is 5.56 Å². The fraction of sp³-hybridized carbons (Fsp3) is 0.250. The molecular formula is C8H11NO2. The van der Waals surface area contributed by atoms with Gasteiger partial charge in [-0.05, 0) is 17.7 Å². The van der Waals surface area contributed by atoms with Crippen LogP contribution in [-0.2, 0) is 11.3 Å². The Morgan fingerprint density at radius 2 is 2.27 bits per heavy atom. The van der Waals surface area contributed by atoms with E-state index < -0.39 is 0 Å². The topological polar surface area (TPSA) is 44.5 Å². The van der Waals surface area contributed by atoms with Gasteiger partial charge >= 0.3 is 0 Å². The molecule has 0 spiro atoms. The zero-order valence-corrected chi connectivity index (χ0v) is 6.41. The van der Waals surface area contributed by atoms with Crippen LogP contribution in [0.2, 0.25) is 0 Å². The van der Waals surface area contributed by atoms with Gasteiger partial charge in [-0.25, -0.2) is 0 Å². The zero-order valence-electron chi connectivity index (χ0n) is 6.41. The van der Waals surface area contributed by atoms with Gasteiger partial charge in [0.2, 0.25) is 0 Å². The lowest BCUT2D eigenvalue weighted by molar-refractivity contribution is 0.184. The molecule has 0 bridgehead atoms. The van der Waals surface area contributed by atoms with Gasteiger partial charge in [0.05, 0.1) is 6.61 Å². The number of benzene rings is 1. The van der Waals surface area contributed by atoms with Crippen molar-refractivity contribution in [3.63, 3.8) is 0 Å². The van der Waals surface area contributed by atoms with Crippen molar-refractivity contribution in [2.24, 2.45) is 5.90 Å². The van der Waals surface area contributed by atoms with Crippen LogP contribution in [0.5, 0.6) is 5.75 Å². The van der Waals surface area contributed by atoms with Gasteiger partial charge in [-0.3, -0.25) is 0 Å². The lowest BCUT2D eigenvalue weighted by atomic mass is 10.2. The molecule has 0 radical (unpaired) electrons. The van der Waals surface area contributed by atoms with Gasteiger partial charge in [-0.15, -0.1) is 0 Å². The minimum Gasteiger partial charge on any atom is -0.412 e. The molecule has 0 aliphatic rings. The molecule has 3 heteroatoms. The van der Waals surface area contributed by atoms with Crippen LogP contribution in [0, 0.1) is 0 Å². The van der Waals surface area contributed by atoms with E-state index in [-0.39, 0.29) is 0 Å². The van der Waals surface area contributed by atoms with Gasteiger partial charge in [0.1, 0.15) is 5.75 Å². The van der Waals surface area contributed by atoms with Crippen molar-refractivity contribution in [1.82, 2.24) is 0 Å². The second-order valence-electron chi connectivity index (χ2n) is 2.20. The van der Waals surface area contributed by atoms with E-state index in [1.807, 2.05) is 18.2 Å². The van der Waals surface area contributed by atoms with E-state index in [0.29, 0.717) is 12.4 Å². The molecule has 0 saturated heterocycles. The number of ether oxygens (including phenoxy) is 1. The molecule has 0 heterocycles. The van der Waals surface area contributed by atoms with Crippen LogP contribution >= 0.6 is 0 Å². The second kappa shape index (κ2) is 3.95. The Morgan fingerprint density at radius 3 is 2.91 bits per heavy atom. The third kappa shape index (κ3) is 2.22. The third-order valence-electron chi connectivity index (χ3n) is 1.35. The maximum atomic E-state index is 4.97. The molecule has 0 saturated carbocycles.